The summed E-state index contributed by atoms with van der Waals surface area (Å²) in [5.74, 6) is -0.0103. The van der Waals surface area contributed by atoms with Crippen LogP contribution in [0.3, 0.4) is 0 Å². The Hall–Kier alpha value is -2.34. The third kappa shape index (κ3) is 4.69. The first kappa shape index (κ1) is 21.0. The highest BCUT2D eigenvalue weighted by molar-refractivity contribution is 7.91. The van der Waals surface area contributed by atoms with Gasteiger partial charge < -0.3 is 10.2 Å². The zero-order chi connectivity index (χ0) is 20.2. The van der Waals surface area contributed by atoms with Gasteiger partial charge in [-0.25, -0.2) is 8.42 Å². The van der Waals surface area contributed by atoms with E-state index >= 15 is 0 Å². The number of carbonyl (C=O) groups excluding carboxylic acids is 1. The Bertz CT molecular complexity index is 915. The second-order valence-corrected chi connectivity index (χ2v) is 8.59. The number of hydrogen-bond donors (Lipinski definition) is 1. The van der Waals surface area contributed by atoms with Crippen LogP contribution in [0.25, 0.3) is 0 Å². The lowest BCUT2D eigenvalue weighted by Gasteiger charge is -2.20. The third-order valence-corrected chi connectivity index (χ3v) is 6.57. The monoisotopic (exact) mass is 388 g/mol. The fraction of sp³-hybridized carbons (Fsp3) is 0.381. The Kier molecular flexibility index (Phi) is 6.65. The van der Waals surface area contributed by atoms with Gasteiger partial charge in [-0.3, -0.25) is 4.79 Å². The molecule has 1 N–H and O–H groups in total. The van der Waals surface area contributed by atoms with E-state index in [1.165, 1.54) is 0 Å². The maximum Gasteiger partial charge on any atom is 0.241 e. The van der Waals surface area contributed by atoms with Crippen molar-refractivity contribution in [2.45, 2.75) is 44.4 Å². The minimum Gasteiger partial charge on any atom is -0.376 e. The number of nitrogens with zero attached hydrogens (tertiary/aromatic N) is 1. The summed E-state index contributed by atoms with van der Waals surface area (Å²) in [6.07, 6.45) is 0. The van der Waals surface area contributed by atoms with Crippen molar-refractivity contribution in [3.05, 3.63) is 53.1 Å². The molecule has 0 heterocycles. The van der Waals surface area contributed by atoms with E-state index in [2.05, 4.69) is 5.32 Å². The summed E-state index contributed by atoms with van der Waals surface area (Å²) >= 11 is 0. The zero-order valence-electron chi connectivity index (χ0n) is 16.7. The van der Waals surface area contributed by atoms with E-state index in [9.17, 15) is 13.2 Å². The molecule has 2 rings (SSSR count). The number of likely N-dealkylation sites (N-methyl/N-ethyl adjacent to an activating group) is 1. The van der Waals surface area contributed by atoms with Gasteiger partial charge in [0.25, 0.3) is 0 Å². The Labute approximate surface area is 162 Å². The zero-order valence-corrected chi connectivity index (χ0v) is 17.5. The van der Waals surface area contributed by atoms with E-state index in [4.69, 9.17) is 0 Å². The lowest BCUT2D eigenvalue weighted by molar-refractivity contribution is -0.128. The van der Waals surface area contributed by atoms with Crippen LogP contribution >= 0.6 is 0 Å². The van der Waals surface area contributed by atoms with E-state index in [1.807, 2.05) is 33.8 Å². The predicted octanol–water partition coefficient (Wildman–Crippen LogP) is 3.72. The second-order valence-electron chi connectivity index (χ2n) is 6.67. The molecule has 6 heteroatoms. The van der Waals surface area contributed by atoms with Crippen molar-refractivity contribution >= 4 is 21.4 Å². The molecular weight excluding hydrogens is 360 g/mol. The summed E-state index contributed by atoms with van der Waals surface area (Å²) in [4.78, 5) is 14.5. The first-order valence-corrected chi connectivity index (χ1v) is 10.6. The number of amides is 1. The SMILES string of the molecule is CCN(CC)C(=O)CNc1cc(C)cc(S(=O)(=O)c2ccc(C)cc2)c1C. The molecular formula is C21H28N2O3S. The first-order chi connectivity index (χ1) is 12.7. The van der Waals surface area contributed by atoms with Crippen LogP contribution in [-0.4, -0.2) is 38.9 Å². The maximum absolute atomic E-state index is 13.1. The van der Waals surface area contributed by atoms with Crippen molar-refractivity contribution in [3.63, 3.8) is 0 Å². The molecule has 0 saturated heterocycles. The molecule has 5 nitrogen and oxygen atoms in total. The molecule has 0 aliphatic heterocycles. The van der Waals surface area contributed by atoms with Crippen LogP contribution in [-0.2, 0) is 14.6 Å². The molecule has 2 aromatic carbocycles. The van der Waals surface area contributed by atoms with Gasteiger partial charge in [0.1, 0.15) is 0 Å². The summed E-state index contributed by atoms with van der Waals surface area (Å²) in [6, 6.07) is 10.4. The van der Waals surface area contributed by atoms with Gasteiger partial charge in [-0.15, -0.1) is 0 Å². The Morgan fingerprint density at radius 3 is 2.11 bits per heavy atom. The van der Waals surface area contributed by atoms with E-state index in [1.54, 1.807) is 42.2 Å². The molecule has 0 unspecified atom stereocenters. The highest BCUT2D eigenvalue weighted by atomic mass is 32.2. The molecule has 0 aliphatic rings. The van der Waals surface area contributed by atoms with E-state index < -0.39 is 9.84 Å². The van der Waals surface area contributed by atoms with Crippen LogP contribution in [0.5, 0.6) is 0 Å². The highest BCUT2D eigenvalue weighted by Gasteiger charge is 2.22. The molecule has 0 saturated carbocycles. The van der Waals surface area contributed by atoms with Crippen molar-refractivity contribution in [3.8, 4) is 0 Å². The topological polar surface area (TPSA) is 66.5 Å². The molecule has 0 radical (unpaired) electrons. The highest BCUT2D eigenvalue weighted by Crippen LogP contribution is 2.30. The summed E-state index contributed by atoms with van der Waals surface area (Å²) in [6.45, 7) is 10.8. The van der Waals surface area contributed by atoms with Crippen molar-refractivity contribution in [2.24, 2.45) is 0 Å². The van der Waals surface area contributed by atoms with Crippen molar-refractivity contribution in [1.29, 1.82) is 0 Å². The summed E-state index contributed by atoms with van der Waals surface area (Å²) in [7, 11) is -3.63. The fourth-order valence-electron chi connectivity index (χ4n) is 2.99. The Morgan fingerprint density at radius 1 is 0.963 bits per heavy atom. The average molecular weight is 389 g/mol. The number of aryl methyl sites for hydroxylation is 2. The van der Waals surface area contributed by atoms with E-state index in [0.29, 0.717) is 24.3 Å². The molecule has 0 spiro atoms. The number of hydrogen-bond acceptors (Lipinski definition) is 4. The number of sulfone groups is 1. The lowest BCUT2D eigenvalue weighted by Crippen LogP contribution is -2.35. The quantitative estimate of drug-likeness (QED) is 0.785. The Morgan fingerprint density at radius 2 is 1.56 bits per heavy atom. The largest absolute Gasteiger partial charge is 0.376 e. The molecule has 2 aromatic rings. The molecule has 0 aromatic heterocycles. The van der Waals surface area contributed by atoms with Crippen LogP contribution in [0.1, 0.15) is 30.5 Å². The number of benzene rings is 2. The molecule has 0 aliphatic carbocycles. The van der Waals surface area contributed by atoms with Gasteiger partial charge in [0.2, 0.25) is 15.7 Å². The molecule has 0 atom stereocenters. The molecule has 0 bridgehead atoms. The van der Waals surface area contributed by atoms with Crippen LogP contribution in [0, 0.1) is 20.8 Å². The standard InChI is InChI=1S/C21H28N2O3S/c1-6-23(7-2)21(24)14-22-19-12-16(4)13-20(17(19)5)27(25,26)18-10-8-15(3)9-11-18/h8-13,22H,6-7,14H2,1-5H3. The first-order valence-electron chi connectivity index (χ1n) is 9.15. The average Bonchev–Trinajstić information content (AvgIpc) is 2.63. The summed E-state index contributed by atoms with van der Waals surface area (Å²) < 4.78 is 26.2. The van der Waals surface area contributed by atoms with Gasteiger partial charge in [-0.2, -0.15) is 0 Å². The van der Waals surface area contributed by atoms with Crippen LogP contribution in [0.15, 0.2) is 46.2 Å². The van der Waals surface area contributed by atoms with Gasteiger partial charge in [0, 0.05) is 18.8 Å². The van der Waals surface area contributed by atoms with Gasteiger partial charge in [0.15, 0.2) is 0 Å². The van der Waals surface area contributed by atoms with Crippen molar-refractivity contribution in [1.82, 2.24) is 4.90 Å². The minimum atomic E-state index is -3.63. The maximum atomic E-state index is 13.1. The molecule has 27 heavy (non-hydrogen) atoms. The van der Waals surface area contributed by atoms with Crippen molar-refractivity contribution < 1.29 is 13.2 Å². The van der Waals surface area contributed by atoms with Crippen LogP contribution in [0.2, 0.25) is 0 Å². The lowest BCUT2D eigenvalue weighted by atomic mass is 10.1. The normalized spacial score (nSPS) is 11.3. The smallest absolute Gasteiger partial charge is 0.241 e. The van der Waals surface area contributed by atoms with Crippen LogP contribution < -0.4 is 5.32 Å². The van der Waals surface area contributed by atoms with Crippen molar-refractivity contribution in [2.75, 3.05) is 25.0 Å². The molecule has 0 fully saturated rings. The number of nitrogens with one attached hydrogen (secondary N) is 1. The Balaban J connectivity index is 2.37. The van der Waals surface area contributed by atoms with Crippen LogP contribution in [0.4, 0.5) is 5.69 Å². The molecule has 1 amide bonds. The fourth-order valence-corrected chi connectivity index (χ4v) is 4.59. The van der Waals surface area contributed by atoms with Gasteiger partial charge >= 0.3 is 0 Å². The predicted molar refractivity (Wildman–Crippen MR) is 109 cm³/mol. The summed E-state index contributed by atoms with van der Waals surface area (Å²) in [5, 5.41) is 3.12. The third-order valence-electron chi connectivity index (χ3n) is 4.67. The van der Waals surface area contributed by atoms with E-state index in [0.717, 1.165) is 11.1 Å². The summed E-state index contributed by atoms with van der Waals surface area (Å²) in [5.41, 5.74) is 3.12. The minimum absolute atomic E-state index is 0.0103. The molecule has 146 valence electrons. The van der Waals surface area contributed by atoms with E-state index in [-0.39, 0.29) is 22.2 Å². The number of rotatable bonds is 7. The second kappa shape index (κ2) is 8.57. The number of carbonyl (C=O) groups is 1. The van der Waals surface area contributed by atoms with Gasteiger partial charge in [0.05, 0.1) is 16.3 Å². The van der Waals surface area contributed by atoms with Gasteiger partial charge in [-0.05, 0) is 70.0 Å². The van der Waals surface area contributed by atoms with Gasteiger partial charge in [-0.1, -0.05) is 17.7 Å². The number of anilines is 1.